The van der Waals surface area contributed by atoms with Gasteiger partial charge in [0.25, 0.3) is 0 Å². The molecule has 0 bridgehead atoms. The second kappa shape index (κ2) is 5.58. The summed E-state index contributed by atoms with van der Waals surface area (Å²) in [6.45, 7) is 9.23. The largest absolute Gasteiger partial charge is 0.388 e. The molecule has 98 valence electrons. The Morgan fingerprint density at radius 1 is 1.33 bits per heavy atom. The van der Waals surface area contributed by atoms with Crippen molar-refractivity contribution in [3.8, 4) is 0 Å². The highest BCUT2D eigenvalue weighted by molar-refractivity contribution is 7.80. The van der Waals surface area contributed by atoms with Gasteiger partial charge in [-0.05, 0) is 19.5 Å². The van der Waals surface area contributed by atoms with E-state index in [1.54, 1.807) is 0 Å². The first-order chi connectivity index (χ1) is 8.60. The smallest absolute Gasteiger partial charge is 0.226 e. The van der Waals surface area contributed by atoms with Crippen molar-refractivity contribution in [2.75, 3.05) is 37.6 Å². The summed E-state index contributed by atoms with van der Waals surface area (Å²) < 4.78 is 0. The molecule has 0 spiro atoms. The molecule has 1 aliphatic rings. The topological polar surface area (TPSA) is 58.3 Å². The minimum absolute atomic E-state index is 0.328. The van der Waals surface area contributed by atoms with Crippen molar-refractivity contribution in [2.45, 2.75) is 13.8 Å². The molecule has 0 saturated carbocycles. The van der Waals surface area contributed by atoms with Gasteiger partial charge in [-0.25, -0.2) is 9.97 Å². The zero-order chi connectivity index (χ0) is 13.1. The maximum atomic E-state index is 5.64. The number of piperazine rings is 1. The molecule has 1 aromatic rings. The number of aromatic nitrogens is 2. The van der Waals surface area contributed by atoms with E-state index in [0.29, 0.717) is 10.7 Å². The standard InChI is InChI=1S/C12H19N5S/c1-3-16-4-6-17(7-5-16)12-14-9(2)8-10(15-12)11(13)18/h8H,3-7H2,1-2H3,(H2,13,18). The van der Waals surface area contributed by atoms with E-state index in [0.717, 1.165) is 44.4 Å². The van der Waals surface area contributed by atoms with E-state index in [9.17, 15) is 0 Å². The van der Waals surface area contributed by atoms with Crippen LogP contribution in [0.25, 0.3) is 0 Å². The molecule has 5 nitrogen and oxygen atoms in total. The van der Waals surface area contributed by atoms with Crippen molar-refractivity contribution in [1.82, 2.24) is 14.9 Å². The number of likely N-dealkylation sites (N-methyl/N-ethyl adjacent to an activating group) is 1. The molecule has 2 heterocycles. The molecule has 6 heteroatoms. The fourth-order valence-electron chi connectivity index (χ4n) is 2.08. The highest BCUT2D eigenvalue weighted by atomic mass is 32.1. The van der Waals surface area contributed by atoms with Crippen LogP contribution in [0.3, 0.4) is 0 Å². The lowest BCUT2D eigenvalue weighted by molar-refractivity contribution is 0.270. The normalized spacial score (nSPS) is 16.9. The number of thiocarbonyl (C=S) groups is 1. The van der Waals surface area contributed by atoms with Gasteiger partial charge >= 0.3 is 0 Å². The highest BCUT2D eigenvalue weighted by Gasteiger charge is 2.18. The zero-order valence-electron chi connectivity index (χ0n) is 10.9. The summed E-state index contributed by atoms with van der Waals surface area (Å²) in [5.41, 5.74) is 7.20. The number of hydrogen-bond donors (Lipinski definition) is 1. The lowest BCUT2D eigenvalue weighted by Gasteiger charge is -2.34. The molecule has 0 amide bonds. The lowest BCUT2D eigenvalue weighted by atomic mass is 10.3. The monoisotopic (exact) mass is 265 g/mol. The molecule has 0 atom stereocenters. The average Bonchev–Trinajstić information content (AvgIpc) is 2.38. The van der Waals surface area contributed by atoms with Crippen LogP contribution in [0.5, 0.6) is 0 Å². The summed E-state index contributed by atoms with van der Waals surface area (Å²) in [4.78, 5) is 13.9. The Morgan fingerprint density at radius 3 is 2.56 bits per heavy atom. The molecule has 2 rings (SSSR count). The number of nitrogens with zero attached hydrogens (tertiary/aromatic N) is 4. The van der Waals surface area contributed by atoms with Crippen molar-refractivity contribution in [3.05, 3.63) is 17.5 Å². The summed E-state index contributed by atoms with van der Waals surface area (Å²) in [5.74, 6) is 0.744. The van der Waals surface area contributed by atoms with E-state index in [-0.39, 0.29) is 0 Å². The molecule has 18 heavy (non-hydrogen) atoms. The number of anilines is 1. The van der Waals surface area contributed by atoms with Crippen molar-refractivity contribution in [1.29, 1.82) is 0 Å². The summed E-state index contributed by atoms with van der Waals surface area (Å²) in [6, 6.07) is 1.83. The first-order valence-electron chi connectivity index (χ1n) is 6.23. The summed E-state index contributed by atoms with van der Waals surface area (Å²) >= 11 is 4.98. The van der Waals surface area contributed by atoms with E-state index in [1.165, 1.54) is 0 Å². The summed E-state index contributed by atoms with van der Waals surface area (Å²) in [6.07, 6.45) is 0. The van der Waals surface area contributed by atoms with E-state index < -0.39 is 0 Å². The van der Waals surface area contributed by atoms with Crippen molar-refractivity contribution in [2.24, 2.45) is 5.73 Å². The second-order valence-electron chi connectivity index (χ2n) is 4.48. The third kappa shape index (κ3) is 2.94. The van der Waals surface area contributed by atoms with Crippen LogP contribution in [0.2, 0.25) is 0 Å². The van der Waals surface area contributed by atoms with Crippen LogP contribution < -0.4 is 10.6 Å². The van der Waals surface area contributed by atoms with E-state index in [2.05, 4.69) is 26.7 Å². The predicted octanol–water partition coefficient (Wildman–Crippen LogP) is 0.561. The van der Waals surface area contributed by atoms with Gasteiger partial charge in [0.15, 0.2) is 0 Å². The molecule has 0 aliphatic carbocycles. The first kappa shape index (κ1) is 13.2. The number of hydrogen-bond acceptors (Lipinski definition) is 5. The van der Waals surface area contributed by atoms with Crippen molar-refractivity contribution < 1.29 is 0 Å². The SMILES string of the molecule is CCN1CCN(c2nc(C)cc(C(N)=S)n2)CC1. The molecular formula is C12H19N5S. The maximum absolute atomic E-state index is 5.64. The Balaban J connectivity index is 2.16. The van der Waals surface area contributed by atoms with Crippen LogP contribution in [0.15, 0.2) is 6.07 Å². The zero-order valence-corrected chi connectivity index (χ0v) is 11.7. The minimum atomic E-state index is 0.328. The third-order valence-electron chi connectivity index (χ3n) is 3.20. The molecule has 1 aliphatic heterocycles. The van der Waals surface area contributed by atoms with Crippen LogP contribution in [0.1, 0.15) is 18.3 Å². The number of nitrogens with two attached hydrogens (primary N) is 1. The van der Waals surface area contributed by atoms with Gasteiger partial charge in [-0.3, -0.25) is 0 Å². The van der Waals surface area contributed by atoms with Gasteiger partial charge in [0, 0.05) is 31.9 Å². The fourth-order valence-corrected chi connectivity index (χ4v) is 2.19. The van der Waals surface area contributed by atoms with E-state index in [1.807, 2.05) is 13.0 Å². The molecule has 2 N–H and O–H groups in total. The fraction of sp³-hybridized carbons (Fsp3) is 0.583. The van der Waals surface area contributed by atoms with E-state index >= 15 is 0 Å². The summed E-state index contributed by atoms with van der Waals surface area (Å²) in [5, 5.41) is 0. The highest BCUT2D eigenvalue weighted by Crippen LogP contribution is 2.13. The second-order valence-corrected chi connectivity index (χ2v) is 4.92. The molecule has 0 unspecified atom stereocenters. The molecule has 1 saturated heterocycles. The molecular weight excluding hydrogens is 246 g/mol. The Bertz CT molecular complexity index is 440. The van der Waals surface area contributed by atoms with Crippen LogP contribution in [-0.2, 0) is 0 Å². The molecule has 0 radical (unpaired) electrons. The predicted molar refractivity (Wildman–Crippen MR) is 77.0 cm³/mol. The third-order valence-corrected chi connectivity index (χ3v) is 3.41. The van der Waals surface area contributed by atoms with Crippen molar-refractivity contribution >= 4 is 23.2 Å². The number of rotatable bonds is 3. The van der Waals surface area contributed by atoms with Crippen LogP contribution >= 0.6 is 12.2 Å². The van der Waals surface area contributed by atoms with Gasteiger partial charge in [0.05, 0.1) is 0 Å². The first-order valence-corrected chi connectivity index (χ1v) is 6.63. The Hall–Kier alpha value is -1.27. The average molecular weight is 265 g/mol. The van der Waals surface area contributed by atoms with Gasteiger partial charge in [-0.1, -0.05) is 19.1 Å². The lowest BCUT2D eigenvalue weighted by Crippen LogP contribution is -2.47. The molecule has 1 aromatic heterocycles. The van der Waals surface area contributed by atoms with Crippen LogP contribution in [0.4, 0.5) is 5.95 Å². The van der Waals surface area contributed by atoms with Gasteiger partial charge < -0.3 is 15.5 Å². The maximum Gasteiger partial charge on any atom is 0.226 e. The van der Waals surface area contributed by atoms with Gasteiger partial charge in [0.2, 0.25) is 5.95 Å². The van der Waals surface area contributed by atoms with E-state index in [4.69, 9.17) is 18.0 Å². The Kier molecular flexibility index (Phi) is 4.08. The Morgan fingerprint density at radius 2 is 2.00 bits per heavy atom. The quantitative estimate of drug-likeness (QED) is 0.806. The van der Waals surface area contributed by atoms with Gasteiger partial charge in [-0.2, -0.15) is 0 Å². The number of aryl methyl sites for hydroxylation is 1. The van der Waals surface area contributed by atoms with Crippen LogP contribution in [0, 0.1) is 6.92 Å². The summed E-state index contributed by atoms with van der Waals surface area (Å²) in [7, 11) is 0. The van der Waals surface area contributed by atoms with Gasteiger partial charge in [0.1, 0.15) is 10.7 Å². The van der Waals surface area contributed by atoms with Gasteiger partial charge in [-0.15, -0.1) is 0 Å². The molecule has 1 fully saturated rings. The Labute approximate surface area is 113 Å². The molecule has 0 aromatic carbocycles. The minimum Gasteiger partial charge on any atom is -0.388 e. The van der Waals surface area contributed by atoms with Crippen molar-refractivity contribution in [3.63, 3.8) is 0 Å². The van der Waals surface area contributed by atoms with Crippen LogP contribution in [-0.4, -0.2) is 52.6 Å².